The number of hydrogen-bond acceptors (Lipinski definition) is 12. The van der Waals surface area contributed by atoms with Crippen LogP contribution in [0.4, 0.5) is 0 Å². The van der Waals surface area contributed by atoms with Crippen molar-refractivity contribution in [2.75, 3.05) is 27.9 Å². The summed E-state index contributed by atoms with van der Waals surface area (Å²) in [6.45, 7) is 1.11. The van der Waals surface area contributed by atoms with Gasteiger partial charge in [0, 0.05) is 30.2 Å². The summed E-state index contributed by atoms with van der Waals surface area (Å²) < 4.78 is 31.1. The van der Waals surface area contributed by atoms with Crippen LogP contribution in [0.5, 0.6) is 23.0 Å². The Morgan fingerprint density at radius 1 is 0.750 bits per heavy atom. The van der Waals surface area contributed by atoms with Gasteiger partial charge >= 0.3 is 0 Å². The Morgan fingerprint density at radius 2 is 1.45 bits per heavy atom. The summed E-state index contributed by atoms with van der Waals surface area (Å²) in [6, 6.07) is 18.2. The van der Waals surface area contributed by atoms with E-state index in [1.54, 1.807) is 57.7 Å². The van der Waals surface area contributed by atoms with Crippen LogP contribution in [0.25, 0.3) is 44.3 Å². The molecule has 1 saturated heterocycles. The van der Waals surface area contributed by atoms with E-state index in [1.165, 1.54) is 6.07 Å². The Labute approximate surface area is 344 Å². The van der Waals surface area contributed by atoms with Crippen molar-refractivity contribution in [3.05, 3.63) is 94.3 Å². The Balaban J connectivity index is 0.814. The lowest BCUT2D eigenvalue weighted by molar-refractivity contribution is -0.136. The summed E-state index contributed by atoms with van der Waals surface area (Å²) in [6.07, 6.45) is 7.79. The van der Waals surface area contributed by atoms with Crippen molar-refractivity contribution in [3.63, 3.8) is 0 Å². The molecule has 4 aromatic carbocycles. The van der Waals surface area contributed by atoms with Gasteiger partial charge in [-0.15, -0.1) is 5.10 Å². The molecule has 0 spiro atoms. The smallest absolute Gasteiger partial charge is 0.266 e. The van der Waals surface area contributed by atoms with Gasteiger partial charge in [0.25, 0.3) is 11.8 Å². The number of piperidine rings is 1. The fourth-order valence-electron chi connectivity index (χ4n) is 7.92. The average Bonchev–Trinajstić information content (AvgIpc) is 3.84. The van der Waals surface area contributed by atoms with Crippen LogP contribution < -0.4 is 29.7 Å². The van der Waals surface area contributed by atoms with Crippen molar-refractivity contribution in [3.8, 4) is 45.6 Å². The standard InChI is InChI=1S/C45H43N5O10/c1-56-33-18-19-34(57-2)41-40(33)37(58-3)23-29-32(51)24-36(60-42(29)41)27-15-13-26(14-16-27)30-25-49(48-47-30)21-8-6-4-5-7-9-22-59-35-12-10-11-28-39(35)45(55)50(44(28)54)31-17-20-38(52)46-43(31)53/h10-16,18-19,23-25,31H,4-9,17,20-22H2,1-3H3,(H,46,52,53). The number of methoxy groups -OCH3 is 3. The molecule has 2 aromatic heterocycles. The fourth-order valence-corrected chi connectivity index (χ4v) is 7.92. The molecule has 2 aliphatic heterocycles. The summed E-state index contributed by atoms with van der Waals surface area (Å²) in [4.78, 5) is 64.7. The summed E-state index contributed by atoms with van der Waals surface area (Å²) in [5, 5.41) is 12.5. The number of rotatable bonds is 16. The number of imide groups is 2. The Hall–Kier alpha value is -7.03. The van der Waals surface area contributed by atoms with Crippen LogP contribution in [0.2, 0.25) is 0 Å². The van der Waals surface area contributed by atoms with Crippen LogP contribution in [0.3, 0.4) is 0 Å². The van der Waals surface area contributed by atoms with E-state index in [1.807, 2.05) is 35.1 Å². The van der Waals surface area contributed by atoms with Gasteiger partial charge < -0.3 is 23.4 Å². The molecule has 0 bridgehead atoms. The van der Waals surface area contributed by atoms with Crippen molar-refractivity contribution in [1.82, 2.24) is 25.2 Å². The topological polar surface area (TPSA) is 181 Å². The molecule has 2 aliphatic rings. The number of benzene rings is 4. The van der Waals surface area contributed by atoms with Crippen LogP contribution in [0.15, 0.2) is 82.1 Å². The molecule has 1 unspecified atom stereocenters. The third-order valence-electron chi connectivity index (χ3n) is 11.0. The third kappa shape index (κ3) is 7.53. The van der Waals surface area contributed by atoms with Crippen LogP contribution >= 0.6 is 0 Å². The Morgan fingerprint density at radius 3 is 2.18 bits per heavy atom. The summed E-state index contributed by atoms with van der Waals surface area (Å²) in [7, 11) is 4.67. The van der Waals surface area contributed by atoms with Gasteiger partial charge in [0.2, 0.25) is 11.8 Å². The van der Waals surface area contributed by atoms with Gasteiger partial charge in [-0.25, -0.2) is 0 Å². The van der Waals surface area contributed by atoms with E-state index in [2.05, 4.69) is 15.6 Å². The minimum Gasteiger partial charge on any atom is -0.496 e. The first-order valence-electron chi connectivity index (χ1n) is 19.9. The van der Waals surface area contributed by atoms with Gasteiger partial charge in [-0.2, -0.15) is 0 Å². The SMILES string of the molecule is COc1ccc(OC)c2c1c(OC)cc1c(=O)cc(-c3ccc(-c4cn(CCCCCCCCOc5cccc6c5C(=O)N(C5CCC(=O)NC5=O)C6=O)nn4)cc3)oc12. The largest absolute Gasteiger partial charge is 0.496 e. The molecule has 60 heavy (non-hydrogen) atoms. The van der Waals surface area contributed by atoms with Gasteiger partial charge in [-0.3, -0.25) is 38.9 Å². The van der Waals surface area contributed by atoms with Crippen molar-refractivity contribution in [2.24, 2.45) is 0 Å². The average molecular weight is 814 g/mol. The quantitative estimate of drug-likeness (QED) is 0.0620. The zero-order chi connectivity index (χ0) is 41.9. The van der Waals surface area contributed by atoms with E-state index in [9.17, 15) is 24.0 Å². The first kappa shape index (κ1) is 39.8. The van der Waals surface area contributed by atoms with Gasteiger partial charge in [-0.1, -0.05) is 61.2 Å². The van der Waals surface area contributed by atoms with E-state index >= 15 is 0 Å². The number of nitrogens with zero attached hydrogens (tertiary/aromatic N) is 4. The maximum atomic E-state index is 13.4. The molecule has 308 valence electrons. The molecular weight excluding hydrogens is 771 g/mol. The van der Waals surface area contributed by atoms with Gasteiger partial charge in [0.15, 0.2) is 11.0 Å². The summed E-state index contributed by atoms with van der Waals surface area (Å²) in [5.41, 5.74) is 2.84. The van der Waals surface area contributed by atoms with Crippen LogP contribution in [0.1, 0.15) is 72.1 Å². The second-order valence-corrected chi connectivity index (χ2v) is 14.7. The van der Waals surface area contributed by atoms with Crippen molar-refractivity contribution in [1.29, 1.82) is 0 Å². The third-order valence-corrected chi connectivity index (χ3v) is 11.0. The minimum atomic E-state index is -1.02. The molecule has 0 saturated carbocycles. The number of carbonyl (C=O) groups is 4. The summed E-state index contributed by atoms with van der Waals surface area (Å²) >= 11 is 0. The highest BCUT2D eigenvalue weighted by Crippen LogP contribution is 2.44. The van der Waals surface area contributed by atoms with Crippen LogP contribution in [-0.4, -0.2) is 77.5 Å². The van der Waals surface area contributed by atoms with Crippen molar-refractivity contribution < 1.29 is 42.5 Å². The van der Waals surface area contributed by atoms with Crippen molar-refractivity contribution in [2.45, 2.75) is 64.0 Å². The highest BCUT2D eigenvalue weighted by atomic mass is 16.5. The predicted octanol–water partition coefficient (Wildman–Crippen LogP) is 6.72. The molecule has 15 heteroatoms. The number of aromatic nitrogens is 3. The zero-order valence-corrected chi connectivity index (χ0v) is 33.4. The molecule has 4 heterocycles. The lowest BCUT2D eigenvalue weighted by Crippen LogP contribution is -2.54. The molecule has 0 radical (unpaired) electrons. The Bertz CT molecular complexity index is 2700. The number of hydrogen-bond donors (Lipinski definition) is 1. The number of amides is 4. The molecule has 1 fully saturated rings. The number of nitrogens with one attached hydrogen (secondary N) is 1. The van der Waals surface area contributed by atoms with E-state index in [-0.39, 0.29) is 29.4 Å². The Kier molecular flexibility index (Phi) is 11.3. The maximum Gasteiger partial charge on any atom is 0.266 e. The fraction of sp³-hybridized carbons (Fsp3) is 0.311. The van der Waals surface area contributed by atoms with Gasteiger partial charge in [-0.05, 0) is 49.6 Å². The zero-order valence-electron chi connectivity index (χ0n) is 33.4. The molecule has 4 amide bonds. The molecular formula is C45H43N5O10. The van der Waals surface area contributed by atoms with E-state index in [0.29, 0.717) is 57.1 Å². The normalized spacial score (nSPS) is 15.1. The summed E-state index contributed by atoms with van der Waals surface area (Å²) in [5.74, 6) is 0.0887. The van der Waals surface area contributed by atoms with E-state index < -0.39 is 29.7 Å². The van der Waals surface area contributed by atoms with Gasteiger partial charge in [0.05, 0.1) is 61.4 Å². The second kappa shape index (κ2) is 17.1. The minimum absolute atomic E-state index is 0.0629. The molecule has 15 nitrogen and oxygen atoms in total. The molecule has 1 N–H and O–H groups in total. The highest BCUT2D eigenvalue weighted by molar-refractivity contribution is 6.24. The van der Waals surface area contributed by atoms with Crippen LogP contribution in [0, 0.1) is 0 Å². The van der Waals surface area contributed by atoms with Gasteiger partial charge in [0.1, 0.15) is 40.5 Å². The lowest BCUT2D eigenvalue weighted by Gasteiger charge is -2.27. The molecule has 1 atom stereocenters. The number of fused-ring (bicyclic) bond motifs is 4. The molecule has 0 aliphatic carbocycles. The first-order chi connectivity index (χ1) is 29.2. The molecule has 8 rings (SSSR count). The highest BCUT2D eigenvalue weighted by Gasteiger charge is 2.46. The van der Waals surface area contributed by atoms with E-state index in [0.717, 1.165) is 66.8 Å². The second-order valence-electron chi connectivity index (χ2n) is 14.7. The number of carbonyl (C=O) groups excluding carboxylic acids is 4. The predicted molar refractivity (Wildman–Crippen MR) is 220 cm³/mol. The number of aryl methyl sites for hydroxylation is 1. The molecule has 6 aromatic rings. The lowest BCUT2D eigenvalue weighted by atomic mass is 10.0. The van der Waals surface area contributed by atoms with Crippen molar-refractivity contribution >= 4 is 45.4 Å². The number of ether oxygens (including phenoxy) is 4. The maximum absolute atomic E-state index is 13.4. The van der Waals surface area contributed by atoms with E-state index in [4.69, 9.17) is 23.4 Å². The first-order valence-corrected chi connectivity index (χ1v) is 19.9. The number of unbranched alkanes of at least 4 members (excludes halogenated alkanes) is 5. The monoisotopic (exact) mass is 813 g/mol. The van der Waals surface area contributed by atoms with Crippen LogP contribution in [-0.2, 0) is 16.1 Å².